The lowest BCUT2D eigenvalue weighted by Crippen LogP contribution is -2.46. The number of amides is 1. The van der Waals surface area contributed by atoms with Crippen molar-refractivity contribution < 1.29 is 14.6 Å². The number of hydrogen-bond acceptors (Lipinski definition) is 3. The van der Waals surface area contributed by atoms with Crippen LogP contribution in [0.15, 0.2) is 0 Å². The molecule has 2 N–H and O–H groups in total. The number of carbonyl (C=O) groups excluding carboxylic acids is 1. The molecule has 20 heavy (non-hydrogen) atoms. The lowest BCUT2D eigenvalue weighted by molar-refractivity contribution is -0.137. The first kappa shape index (κ1) is 17.4. The fraction of sp³-hybridized carbons (Fsp3) is 0.938. The minimum atomic E-state index is -0.794. The van der Waals surface area contributed by atoms with Gasteiger partial charge in [-0.25, -0.2) is 0 Å². The van der Waals surface area contributed by atoms with Gasteiger partial charge in [-0.05, 0) is 32.6 Å². The van der Waals surface area contributed by atoms with E-state index in [1.165, 1.54) is 25.7 Å². The summed E-state index contributed by atoms with van der Waals surface area (Å²) in [6, 6.07) is 0. The Bertz CT molecular complexity index is 281. The van der Waals surface area contributed by atoms with Gasteiger partial charge < -0.3 is 15.2 Å². The van der Waals surface area contributed by atoms with Crippen LogP contribution in [0.4, 0.5) is 0 Å². The van der Waals surface area contributed by atoms with Crippen molar-refractivity contribution >= 4 is 5.91 Å². The zero-order chi connectivity index (χ0) is 15.0. The molecule has 118 valence electrons. The molecule has 0 heterocycles. The van der Waals surface area contributed by atoms with Gasteiger partial charge in [0, 0.05) is 6.54 Å². The number of aliphatic hydroxyl groups is 1. The summed E-state index contributed by atoms with van der Waals surface area (Å²) in [6.07, 6.45) is 8.14. The topological polar surface area (TPSA) is 58.6 Å². The molecule has 1 amide bonds. The molecule has 1 saturated carbocycles. The summed E-state index contributed by atoms with van der Waals surface area (Å²) in [4.78, 5) is 12.0. The van der Waals surface area contributed by atoms with Gasteiger partial charge >= 0.3 is 0 Å². The molecule has 0 aromatic rings. The summed E-state index contributed by atoms with van der Waals surface area (Å²) in [5.41, 5.74) is -0.794. The average Bonchev–Trinajstić information content (AvgIpc) is 2.73. The van der Waals surface area contributed by atoms with Crippen molar-refractivity contribution in [3.63, 3.8) is 0 Å². The first-order valence-corrected chi connectivity index (χ1v) is 8.16. The second kappa shape index (κ2) is 8.63. The normalized spacial score (nSPS) is 19.4. The van der Waals surface area contributed by atoms with E-state index < -0.39 is 11.7 Å². The van der Waals surface area contributed by atoms with E-state index >= 15 is 0 Å². The van der Waals surface area contributed by atoms with Gasteiger partial charge in [-0.2, -0.15) is 0 Å². The molecule has 0 aliphatic heterocycles. The lowest BCUT2D eigenvalue weighted by Gasteiger charge is -2.27. The summed E-state index contributed by atoms with van der Waals surface area (Å²) >= 11 is 0. The summed E-state index contributed by atoms with van der Waals surface area (Å²) in [5.74, 6) is -0.116. The monoisotopic (exact) mass is 285 g/mol. The molecular formula is C16H31NO3. The van der Waals surface area contributed by atoms with E-state index in [4.69, 9.17) is 4.74 Å². The van der Waals surface area contributed by atoms with Gasteiger partial charge in [0.2, 0.25) is 5.91 Å². The molecule has 0 spiro atoms. The van der Waals surface area contributed by atoms with E-state index in [2.05, 4.69) is 5.32 Å². The largest absolute Gasteiger partial charge is 0.388 e. The number of nitrogens with one attached hydrogen (secondary N) is 1. The Balaban J connectivity index is 2.34. The standard InChI is InChI=1S/C16H31NO3/c1-4-16(19,5-2)12-17-15(18)13(3)20-14-10-8-6-7-9-11-14/h13-14,19H,4-12H2,1-3H3,(H,17,18). The van der Waals surface area contributed by atoms with Crippen molar-refractivity contribution in [3.8, 4) is 0 Å². The van der Waals surface area contributed by atoms with Crippen LogP contribution in [0.3, 0.4) is 0 Å². The van der Waals surface area contributed by atoms with Crippen molar-refractivity contribution in [2.75, 3.05) is 6.54 Å². The predicted octanol–water partition coefficient (Wildman–Crippen LogP) is 2.78. The van der Waals surface area contributed by atoms with Gasteiger partial charge in [0.1, 0.15) is 6.10 Å². The van der Waals surface area contributed by atoms with E-state index in [0.717, 1.165) is 12.8 Å². The molecule has 0 radical (unpaired) electrons. The highest BCUT2D eigenvalue weighted by Gasteiger charge is 2.25. The molecule has 1 fully saturated rings. The molecule has 1 aliphatic rings. The molecule has 0 aromatic heterocycles. The maximum absolute atomic E-state index is 12.0. The first-order chi connectivity index (χ1) is 9.50. The number of hydrogen-bond donors (Lipinski definition) is 2. The van der Waals surface area contributed by atoms with Crippen LogP contribution in [-0.4, -0.2) is 35.4 Å². The van der Waals surface area contributed by atoms with Gasteiger partial charge in [-0.1, -0.05) is 39.5 Å². The Labute approximate surface area is 123 Å². The number of carbonyl (C=O) groups is 1. The molecular weight excluding hydrogens is 254 g/mol. The van der Waals surface area contributed by atoms with E-state index in [1.54, 1.807) is 6.92 Å². The van der Waals surface area contributed by atoms with Crippen LogP contribution < -0.4 is 5.32 Å². The van der Waals surface area contributed by atoms with Crippen LogP contribution in [0.5, 0.6) is 0 Å². The molecule has 0 saturated heterocycles. The second-order valence-electron chi connectivity index (χ2n) is 6.04. The average molecular weight is 285 g/mol. The van der Waals surface area contributed by atoms with Gasteiger partial charge in [0.15, 0.2) is 0 Å². The van der Waals surface area contributed by atoms with Crippen LogP contribution in [0.2, 0.25) is 0 Å². The van der Waals surface area contributed by atoms with E-state index in [-0.39, 0.29) is 12.0 Å². The summed E-state index contributed by atoms with van der Waals surface area (Å²) in [6.45, 7) is 5.97. The molecule has 4 nitrogen and oxygen atoms in total. The fourth-order valence-electron chi connectivity index (χ4n) is 2.62. The SMILES string of the molecule is CCC(O)(CC)CNC(=O)C(C)OC1CCCCCC1. The quantitative estimate of drug-likeness (QED) is 0.707. The molecule has 0 bridgehead atoms. The van der Waals surface area contributed by atoms with Crippen molar-refractivity contribution in [2.24, 2.45) is 0 Å². The van der Waals surface area contributed by atoms with Crippen LogP contribution in [0, 0.1) is 0 Å². The Morgan fingerprint density at radius 3 is 2.30 bits per heavy atom. The fourth-order valence-corrected chi connectivity index (χ4v) is 2.62. The first-order valence-electron chi connectivity index (χ1n) is 8.16. The second-order valence-corrected chi connectivity index (χ2v) is 6.04. The zero-order valence-corrected chi connectivity index (χ0v) is 13.3. The highest BCUT2D eigenvalue weighted by Crippen LogP contribution is 2.21. The molecule has 1 atom stereocenters. The molecule has 1 unspecified atom stereocenters. The van der Waals surface area contributed by atoms with Crippen molar-refractivity contribution in [1.82, 2.24) is 5.32 Å². The Kier molecular flexibility index (Phi) is 7.52. The third-order valence-electron chi connectivity index (χ3n) is 4.48. The number of rotatable bonds is 7. The Morgan fingerprint density at radius 1 is 1.25 bits per heavy atom. The smallest absolute Gasteiger partial charge is 0.248 e. The van der Waals surface area contributed by atoms with E-state index in [9.17, 15) is 9.90 Å². The Morgan fingerprint density at radius 2 is 1.80 bits per heavy atom. The molecule has 4 heteroatoms. The highest BCUT2D eigenvalue weighted by atomic mass is 16.5. The minimum Gasteiger partial charge on any atom is -0.388 e. The molecule has 1 rings (SSSR count). The van der Waals surface area contributed by atoms with Crippen molar-refractivity contribution in [1.29, 1.82) is 0 Å². The zero-order valence-electron chi connectivity index (χ0n) is 13.3. The lowest BCUT2D eigenvalue weighted by atomic mass is 9.97. The third kappa shape index (κ3) is 5.80. The van der Waals surface area contributed by atoms with Gasteiger partial charge in [0.25, 0.3) is 0 Å². The van der Waals surface area contributed by atoms with Gasteiger partial charge in [-0.15, -0.1) is 0 Å². The molecule has 1 aliphatic carbocycles. The number of ether oxygens (including phenoxy) is 1. The maximum atomic E-state index is 12.0. The van der Waals surface area contributed by atoms with Crippen LogP contribution in [-0.2, 0) is 9.53 Å². The predicted molar refractivity (Wildman–Crippen MR) is 80.6 cm³/mol. The van der Waals surface area contributed by atoms with E-state index in [0.29, 0.717) is 19.4 Å². The summed E-state index contributed by atoms with van der Waals surface area (Å²) < 4.78 is 5.87. The van der Waals surface area contributed by atoms with Crippen molar-refractivity contribution in [2.45, 2.75) is 89.9 Å². The maximum Gasteiger partial charge on any atom is 0.248 e. The van der Waals surface area contributed by atoms with E-state index in [1.807, 2.05) is 13.8 Å². The van der Waals surface area contributed by atoms with Gasteiger partial charge in [-0.3, -0.25) is 4.79 Å². The van der Waals surface area contributed by atoms with Gasteiger partial charge in [0.05, 0.1) is 11.7 Å². The van der Waals surface area contributed by atoms with Crippen molar-refractivity contribution in [3.05, 3.63) is 0 Å². The third-order valence-corrected chi connectivity index (χ3v) is 4.48. The van der Waals surface area contributed by atoms with Crippen LogP contribution >= 0.6 is 0 Å². The summed E-state index contributed by atoms with van der Waals surface area (Å²) in [5, 5.41) is 13.0. The van der Waals surface area contributed by atoms with Crippen LogP contribution in [0.25, 0.3) is 0 Å². The highest BCUT2D eigenvalue weighted by molar-refractivity contribution is 5.80. The molecule has 0 aromatic carbocycles. The minimum absolute atomic E-state index is 0.116. The summed E-state index contributed by atoms with van der Waals surface area (Å²) in [7, 11) is 0. The Hall–Kier alpha value is -0.610. The van der Waals surface area contributed by atoms with Crippen LogP contribution in [0.1, 0.15) is 72.1 Å².